The number of hydrogen-bond acceptors (Lipinski definition) is 1. The molecule has 1 aromatic heterocycles. The zero-order valence-electron chi connectivity index (χ0n) is 13.8. The van der Waals surface area contributed by atoms with E-state index in [1.807, 2.05) is 0 Å². The highest BCUT2D eigenvalue weighted by Gasteiger charge is 2.45. The molecule has 0 spiro atoms. The molecule has 0 aliphatic carbocycles. The molecule has 0 bridgehead atoms. The molecular weight excluding hydrogens is 374 g/mol. The molecule has 0 atom stereocenters. The first kappa shape index (κ1) is 19.1. The first-order chi connectivity index (χ1) is 12.6. The number of rotatable bonds is 4. The molecule has 144 valence electrons. The quantitative estimate of drug-likeness (QED) is 0.556. The van der Waals surface area contributed by atoms with Crippen molar-refractivity contribution in [2.24, 2.45) is 0 Å². The highest BCUT2D eigenvalue weighted by atomic mass is 19.4. The molecule has 2 heterocycles. The van der Waals surface area contributed by atoms with Crippen LogP contribution >= 0.6 is 0 Å². The summed E-state index contributed by atoms with van der Waals surface area (Å²) in [5.74, 6) is -3.45. The molecule has 0 radical (unpaired) electrons. The molecule has 3 nitrogen and oxygen atoms in total. The lowest BCUT2D eigenvalue weighted by molar-refractivity contribution is -0.160. The number of nitrogens with zero attached hydrogens (tertiary/aromatic N) is 2. The van der Waals surface area contributed by atoms with Gasteiger partial charge in [-0.05, 0) is 41.0 Å². The second-order valence-corrected chi connectivity index (χ2v) is 6.26. The van der Waals surface area contributed by atoms with Crippen LogP contribution in [0.1, 0.15) is 11.1 Å². The molecule has 1 aliphatic heterocycles. The summed E-state index contributed by atoms with van der Waals surface area (Å²) < 4.78 is 78.6. The maximum atomic E-state index is 12.9. The number of carbonyl (C=O) groups excluding carboxylic acids is 1. The molecule has 0 N–H and O–H groups in total. The summed E-state index contributed by atoms with van der Waals surface area (Å²) in [5.41, 5.74) is -0.483. The van der Waals surface area contributed by atoms with Crippen molar-refractivity contribution in [3.8, 4) is 11.1 Å². The topological polar surface area (TPSA) is 25.2 Å². The molecular formula is C18H14F6N2O. The van der Waals surface area contributed by atoms with Gasteiger partial charge >= 0.3 is 6.18 Å². The third-order valence-electron chi connectivity index (χ3n) is 4.07. The zero-order valence-corrected chi connectivity index (χ0v) is 13.8. The fourth-order valence-electron chi connectivity index (χ4n) is 2.70. The summed E-state index contributed by atoms with van der Waals surface area (Å²) in [6.45, 7) is -2.31. The van der Waals surface area contributed by atoms with Crippen molar-refractivity contribution < 1.29 is 31.1 Å². The number of carbonyl (C=O) groups is 1. The zero-order chi connectivity index (χ0) is 19.8. The smallest absolute Gasteiger partial charge is 0.330 e. The Morgan fingerprint density at radius 1 is 1.15 bits per heavy atom. The van der Waals surface area contributed by atoms with Gasteiger partial charge < -0.3 is 9.47 Å². The Balaban J connectivity index is 1.78. The predicted molar refractivity (Wildman–Crippen MR) is 86.5 cm³/mol. The first-order valence-corrected chi connectivity index (χ1v) is 7.87. The molecule has 1 saturated heterocycles. The van der Waals surface area contributed by atoms with Crippen LogP contribution in [0.5, 0.6) is 0 Å². The van der Waals surface area contributed by atoms with Crippen molar-refractivity contribution in [3.63, 3.8) is 0 Å². The minimum Gasteiger partial charge on any atom is -0.330 e. The SMILES string of the molecule is O=C(/C=C\n1ccc(-c2cc(CF)cc(C(F)(F)F)c2)c1)N1CC(F)(F)C1. The van der Waals surface area contributed by atoms with Crippen molar-refractivity contribution in [2.45, 2.75) is 18.8 Å². The molecule has 3 rings (SSSR count). The van der Waals surface area contributed by atoms with Crippen LogP contribution in [0.3, 0.4) is 0 Å². The second kappa shape index (κ2) is 6.79. The largest absolute Gasteiger partial charge is 0.416 e. The predicted octanol–water partition coefficient (Wildman–Crippen LogP) is 4.59. The number of hydrogen-bond donors (Lipinski definition) is 0. The van der Waals surface area contributed by atoms with E-state index in [4.69, 9.17) is 0 Å². The fourth-order valence-corrected chi connectivity index (χ4v) is 2.70. The molecule has 1 aromatic carbocycles. The minimum absolute atomic E-state index is 0.1000. The molecule has 9 heteroatoms. The maximum Gasteiger partial charge on any atom is 0.416 e. The van der Waals surface area contributed by atoms with Crippen LogP contribution in [0.4, 0.5) is 26.3 Å². The fraction of sp³-hybridized carbons (Fsp3) is 0.278. The number of alkyl halides is 6. The van der Waals surface area contributed by atoms with E-state index in [-0.39, 0.29) is 11.1 Å². The van der Waals surface area contributed by atoms with E-state index in [1.54, 1.807) is 0 Å². The lowest BCUT2D eigenvalue weighted by Crippen LogP contribution is -2.58. The van der Waals surface area contributed by atoms with Crippen LogP contribution in [0.15, 0.2) is 42.7 Å². The van der Waals surface area contributed by atoms with Gasteiger partial charge in [0.1, 0.15) is 6.67 Å². The van der Waals surface area contributed by atoms with Crippen LogP contribution in [0, 0.1) is 0 Å². The summed E-state index contributed by atoms with van der Waals surface area (Å²) in [6, 6.07) is 4.48. The Kier molecular flexibility index (Phi) is 4.79. The number of halogens is 6. The normalized spacial score (nSPS) is 16.6. The van der Waals surface area contributed by atoms with Crippen LogP contribution in [0.25, 0.3) is 17.3 Å². The monoisotopic (exact) mass is 388 g/mol. The van der Waals surface area contributed by atoms with Gasteiger partial charge in [-0.25, -0.2) is 13.2 Å². The van der Waals surface area contributed by atoms with Gasteiger partial charge in [0.05, 0.1) is 18.7 Å². The lowest BCUT2D eigenvalue weighted by atomic mass is 10.0. The van der Waals surface area contributed by atoms with E-state index in [0.29, 0.717) is 5.56 Å². The average molecular weight is 388 g/mol. The molecule has 0 saturated carbocycles. The molecule has 1 fully saturated rings. The number of aromatic nitrogens is 1. The Labute approximate surface area is 150 Å². The van der Waals surface area contributed by atoms with Crippen molar-refractivity contribution in [1.82, 2.24) is 9.47 Å². The van der Waals surface area contributed by atoms with Gasteiger partial charge in [-0.1, -0.05) is 0 Å². The summed E-state index contributed by atoms with van der Waals surface area (Å²) in [6.07, 6.45) is 0.739. The van der Waals surface area contributed by atoms with Crippen LogP contribution < -0.4 is 0 Å². The van der Waals surface area contributed by atoms with E-state index in [1.165, 1.54) is 35.3 Å². The Bertz CT molecular complexity index is 876. The summed E-state index contributed by atoms with van der Waals surface area (Å²) >= 11 is 0. The van der Waals surface area contributed by atoms with Crippen molar-refractivity contribution in [1.29, 1.82) is 0 Å². The van der Waals surface area contributed by atoms with Gasteiger partial charge in [0, 0.05) is 24.7 Å². The van der Waals surface area contributed by atoms with Gasteiger partial charge in [0.15, 0.2) is 0 Å². The molecule has 2 aromatic rings. The van der Waals surface area contributed by atoms with Crippen molar-refractivity contribution in [2.75, 3.05) is 13.1 Å². The van der Waals surface area contributed by atoms with E-state index < -0.39 is 43.3 Å². The summed E-state index contributed by atoms with van der Waals surface area (Å²) in [5, 5.41) is 0. The van der Waals surface area contributed by atoms with Gasteiger partial charge in [0.2, 0.25) is 5.91 Å². The maximum absolute atomic E-state index is 12.9. The van der Waals surface area contributed by atoms with E-state index in [9.17, 15) is 31.1 Å². The molecule has 27 heavy (non-hydrogen) atoms. The van der Waals surface area contributed by atoms with Crippen molar-refractivity contribution >= 4 is 12.1 Å². The second-order valence-electron chi connectivity index (χ2n) is 6.26. The summed E-state index contributed by atoms with van der Waals surface area (Å²) in [4.78, 5) is 12.7. The highest BCUT2D eigenvalue weighted by Crippen LogP contribution is 2.34. The van der Waals surface area contributed by atoms with Crippen LogP contribution in [0.2, 0.25) is 0 Å². The van der Waals surface area contributed by atoms with Gasteiger partial charge in [0.25, 0.3) is 5.92 Å². The van der Waals surface area contributed by atoms with Gasteiger partial charge in [-0.3, -0.25) is 4.79 Å². The minimum atomic E-state index is -4.60. The van der Waals surface area contributed by atoms with Gasteiger partial charge in [-0.15, -0.1) is 0 Å². The standard InChI is InChI=1S/C18H14F6N2O/c19-8-12-5-14(7-15(6-12)18(22,23)24)13-1-3-25(9-13)4-2-16(27)26-10-17(20,21)11-26/h1-7,9H,8,10-11H2/b4-2-. The number of benzene rings is 1. The first-order valence-electron chi connectivity index (χ1n) is 7.87. The Morgan fingerprint density at radius 3 is 2.44 bits per heavy atom. The Hall–Kier alpha value is -2.71. The number of amides is 1. The molecule has 1 amide bonds. The summed E-state index contributed by atoms with van der Waals surface area (Å²) in [7, 11) is 0. The molecule has 1 aliphatic rings. The van der Waals surface area contributed by atoms with Crippen LogP contribution in [-0.4, -0.2) is 34.4 Å². The lowest BCUT2D eigenvalue weighted by Gasteiger charge is -2.37. The van der Waals surface area contributed by atoms with E-state index in [0.717, 1.165) is 23.1 Å². The third kappa shape index (κ3) is 4.35. The van der Waals surface area contributed by atoms with Crippen LogP contribution in [-0.2, 0) is 17.6 Å². The van der Waals surface area contributed by atoms with E-state index in [2.05, 4.69) is 0 Å². The Morgan fingerprint density at radius 2 is 1.85 bits per heavy atom. The highest BCUT2D eigenvalue weighted by molar-refractivity contribution is 5.91. The van der Waals surface area contributed by atoms with Gasteiger partial charge in [-0.2, -0.15) is 13.2 Å². The third-order valence-corrected chi connectivity index (χ3v) is 4.07. The number of likely N-dealkylation sites (tertiary alicyclic amines) is 1. The molecule has 0 unspecified atom stereocenters. The van der Waals surface area contributed by atoms with E-state index >= 15 is 0 Å². The van der Waals surface area contributed by atoms with Crippen molar-refractivity contribution in [3.05, 3.63) is 53.9 Å². The average Bonchev–Trinajstić information content (AvgIpc) is 3.05.